The van der Waals surface area contributed by atoms with E-state index in [0.29, 0.717) is 6.04 Å². The Bertz CT molecular complexity index is 294. The second kappa shape index (κ2) is 7.94. The molecule has 0 saturated heterocycles. The van der Waals surface area contributed by atoms with Crippen molar-refractivity contribution in [3.05, 3.63) is 0 Å². The van der Waals surface area contributed by atoms with E-state index in [4.69, 9.17) is 0 Å². The minimum atomic E-state index is -0.0194. The number of hydrogen-bond acceptors (Lipinski definition) is 3. The van der Waals surface area contributed by atoms with E-state index in [9.17, 15) is 5.11 Å². The summed E-state index contributed by atoms with van der Waals surface area (Å²) in [4.78, 5) is 2.70. The van der Waals surface area contributed by atoms with Crippen molar-refractivity contribution in [1.82, 2.24) is 10.2 Å². The Morgan fingerprint density at radius 2 is 1.90 bits per heavy atom. The molecule has 2 N–H and O–H groups in total. The highest BCUT2D eigenvalue weighted by Gasteiger charge is 2.34. The molecule has 0 amide bonds. The van der Waals surface area contributed by atoms with Crippen LogP contribution in [0.15, 0.2) is 0 Å². The van der Waals surface area contributed by atoms with Crippen LogP contribution in [-0.2, 0) is 0 Å². The lowest BCUT2D eigenvalue weighted by molar-refractivity contribution is 0.135. The number of rotatable bonds is 12. The fourth-order valence-electron chi connectivity index (χ4n) is 3.21. The molecular formula is C18H36N2O. The molecule has 124 valence electrons. The van der Waals surface area contributed by atoms with Crippen molar-refractivity contribution in [3.8, 4) is 0 Å². The molecule has 0 heterocycles. The second-order valence-corrected chi connectivity index (χ2v) is 7.76. The summed E-state index contributed by atoms with van der Waals surface area (Å²) in [5.74, 6) is 0.801. The maximum absolute atomic E-state index is 9.84. The van der Waals surface area contributed by atoms with Crippen molar-refractivity contribution in [2.75, 3.05) is 19.7 Å². The predicted octanol–water partition coefficient (Wildman–Crippen LogP) is 3.17. The van der Waals surface area contributed by atoms with Gasteiger partial charge in [-0.05, 0) is 70.4 Å². The summed E-state index contributed by atoms with van der Waals surface area (Å²) >= 11 is 0. The summed E-state index contributed by atoms with van der Waals surface area (Å²) in [6.45, 7) is 9.61. The van der Waals surface area contributed by atoms with Crippen LogP contribution in [0.1, 0.15) is 72.1 Å². The van der Waals surface area contributed by atoms with Crippen LogP contribution in [0.4, 0.5) is 0 Å². The third-order valence-corrected chi connectivity index (χ3v) is 5.22. The summed E-state index contributed by atoms with van der Waals surface area (Å²) in [6, 6.07) is 1.54. The molecule has 2 saturated carbocycles. The molecule has 3 nitrogen and oxygen atoms in total. The van der Waals surface area contributed by atoms with Gasteiger partial charge in [0.05, 0.1) is 6.61 Å². The van der Waals surface area contributed by atoms with Gasteiger partial charge in [0.1, 0.15) is 0 Å². The van der Waals surface area contributed by atoms with Crippen LogP contribution >= 0.6 is 0 Å². The van der Waals surface area contributed by atoms with Crippen molar-refractivity contribution in [2.24, 2.45) is 5.92 Å². The molecule has 0 aromatic rings. The van der Waals surface area contributed by atoms with Crippen molar-refractivity contribution in [2.45, 2.75) is 89.8 Å². The van der Waals surface area contributed by atoms with E-state index in [1.54, 1.807) is 0 Å². The number of nitrogens with one attached hydrogen (secondary N) is 1. The van der Waals surface area contributed by atoms with E-state index in [0.717, 1.165) is 24.8 Å². The van der Waals surface area contributed by atoms with Gasteiger partial charge < -0.3 is 15.3 Å². The smallest absolute Gasteiger partial charge is 0.0613 e. The Morgan fingerprint density at radius 3 is 2.38 bits per heavy atom. The van der Waals surface area contributed by atoms with Crippen LogP contribution in [0.2, 0.25) is 0 Å². The Hall–Kier alpha value is -0.120. The molecule has 21 heavy (non-hydrogen) atoms. The van der Waals surface area contributed by atoms with Gasteiger partial charge in [-0.2, -0.15) is 0 Å². The third-order valence-electron chi connectivity index (χ3n) is 5.22. The van der Waals surface area contributed by atoms with Gasteiger partial charge >= 0.3 is 0 Å². The number of hydrogen-bond donors (Lipinski definition) is 2. The highest BCUT2D eigenvalue weighted by Crippen LogP contribution is 2.30. The molecule has 2 fully saturated rings. The highest BCUT2D eigenvalue weighted by atomic mass is 16.3. The zero-order valence-corrected chi connectivity index (χ0v) is 14.4. The van der Waals surface area contributed by atoms with Crippen LogP contribution in [0.5, 0.6) is 0 Å². The standard InChI is InChI=1S/C18H36N2O/c1-4-18(14-21,19-16-6-7-16)11-5-12-20(17-8-9-17)13-10-15(2)3/h15-17,19,21H,4-14H2,1-3H3. The highest BCUT2D eigenvalue weighted by molar-refractivity contribution is 4.95. The van der Waals surface area contributed by atoms with Gasteiger partial charge in [0.15, 0.2) is 0 Å². The number of aliphatic hydroxyl groups is 1. The Balaban J connectivity index is 1.73. The molecule has 0 spiro atoms. The van der Waals surface area contributed by atoms with E-state index in [1.807, 2.05) is 0 Å². The first-order chi connectivity index (χ1) is 10.1. The van der Waals surface area contributed by atoms with Crippen molar-refractivity contribution in [1.29, 1.82) is 0 Å². The van der Waals surface area contributed by atoms with E-state index in [-0.39, 0.29) is 12.1 Å². The summed E-state index contributed by atoms with van der Waals surface area (Å²) in [5.41, 5.74) is -0.0194. The normalized spacial score (nSPS) is 22.0. The van der Waals surface area contributed by atoms with Crippen LogP contribution in [-0.4, -0.2) is 47.3 Å². The Morgan fingerprint density at radius 1 is 1.19 bits per heavy atom. The van der Waals surface area contributed by atoms with Crippen molar-refractivity contribution in [3.63, 3.8) is 0 Å². The minimum Gasteiger partial charge on any atom is -0.394 e. The van der Waals surface area contributed by atoms with E-state index >= 15 is 0 Å². The first-order valence-corrected chi connectivity index (χ1v) is 9.21. The fourth-order valence-corrected chi connectivity index (χ4v) is 3.21. The average Bonchev–Trinajstić information content (AvgIpc) is 3.35. The second-order valence-electron chi connectivity index (χ2n) is 7.76. The van der Waals surface area contributed by atoms with Crippen LogP contribution < -0.4 is 5.32 Å². The Kier molecular flexibility index (Phi) is 6.51. The van der Waals surface area contributed by atoms with Crippen LogP contribution in [0, 0.1) is 5.92 Å². The third kappa shape index (κ3) is 5.88. The lowest BCUT2D eigenvalue weighted by Crippen LogP contribution is -2.49. The molecule has 2 aliphatic rings. The molecule has 0 aromatic carbocycles. The van der Waals surface area contributed by atoms with Crippen LogP contribution in [0.3, 0.4) is 0 Å². The van der Waals surface area contributed by atoms with Crippen molar-refractivity contribution < 1.29 is 5.11 Å². The zero-order chi connectivity index (χ0) is 15.3. The van der Waals surface area contributed by atoms with Gasteiger partial charge in [0, 0.05) is 17.6 Å². The zero-order valence-electron chi connectivity index (χ0n) is 14.4. The number of nitrogens with zero attached hydrogens (tertiary/aromatic N) is 1. The largest absolute Gasteiger partial charge is 0.394 e. The van der Waals surface area contributed by atoms with E-state index in [2.05, 4.69) is 31.0 Å². The molecule has 1 atom stereocenters. The molecule has 2 aliphatic carbocycles. The molecule has 0 radical (unpaired) electrons. The fraction of sp³-hybridized carbons (Fsp3) is 1.00. The van der Waals surface area contributed by atoms with Gasteiger partial charge in [0.2, 0.25) is 0 Å². The van der Waals surface area contributed by atoms with Crippen LogP contribution in [0.25, 0.3) is 0 Å². The van der Waals surface area contributed by atoms with Gasteiger partial charge in [-0.15, -0.1) is 0 Å². The van der Waals surface area contributed by atoms with E-state index < -0.39 is 0 Å². The van der Waals surface area contributed by atoms with E-state index in [1.165, 1.54) is 51.6 Å². The quantitative estimate of drug-likeness (QED) is 0.581. The molecule has 0 bridgehead atoms. The lowest BCUT2D eigenvalue weighted by atomic mass is 9.90. The molecular weight excluding hydrogens is 260 g/mol. The molecule has 0 aliphatic heterocycles. The van der Waals surface area contributed by atoms with Crippen molar-refractivity contribution >= 4 is 0 Å². The van der Waals surface area contributed by atoms with Gasteiger partial charge in [-0.3, -0.25) is 0 Å². The minimum absolute atomic E-state index is 0.0194. The molecule has 0 aromatic heterocycles. The first kappa shape index (κ1) is 17.2. The maximum atomic E-state index is 9.84. The van der Waals surface area contributed by atoms with Gasteiger partial charge in [-0.1, -0.05) is 20.8 Å². The number of aliphatic hydroxyl groups excluding tert-OH is 1. The summed E-state index contributed by atoms with van der Waals surface area (Å²) in [7, 11) is 0. The first-order valence-electron chi connectivity index (χ1n) is 9.21. The lowest BCUT2D eigenvalue weighted by Gasteiger charge is -2.33. The molecule has 2 rings (SSSR count). The average molecular weight is 296 g/mol. The predicted molar refractivity (Wildman–Crippen MR) is 89.5 cm³/mol. The summed E-state index contributed by atoms with van der Waals surface area (Å²) in [6.07, 6.45) is 10.1. The monoisotopic (exact) mass is 296 g/mol. The summed E-state index contributed by atoms with van der Waals surface area (Å²) in [5, 5.41) is 13.5. The summed E-state index contributed by atoms with van der Waals surface area (Å²) < 4.78 is 0. The molecule has 3 heteroatoms. The van der Waals surface area contributed by atoms with Gasteiger partial charge in [-0.25, -0.2) is 0 Å². The maximum Gasteiger partial charge on any atom is 0.0613 e. The topological polar surface area (TPSA) is 35.5 Å². The SMILES string of the molecule is CCC(CO)(CCCN(CCC(C)C)C1CC1)NC1CC1. The molecule has 1 unspecified atom stereocenters. The van der Waals surface area contributed by atoms with Gasteiger partial charge in [0.25, 0.3) is 0 Å². The Labute approximate surface area is 131 Å².